The molecule has 0 atom stereocenters. The molecule has 19 heavy (non-hydrogen) atoms. The van der Waals surface area contributed by atoms with Gasteiger partial charge in [-0.25, -0.2) is 0 Å². The van der Waals surface area contributed by atoms with Gasteiger partial charge in [0.15, 0.2) is 0 Å². The summed E-state index contributed by atoms with van der Waals surface area (Å²) in [6.45, 7) is 4.19. The van der Waals surface area contributed by atoms with Crippen molar-refractivity contribution in [2.24, 2.45) is 7.05 Å². The molecule has 0 radical (unpaired) electrons. The molecule has 2 rings (SSSR count). The zero-order valence-corrected chi connectivity index (χ0v) is 12.2. The van der Waals surface area contributed by atoms with Crippen LogP contribution >= 0.6 is 11.6 Å². The zero-order valence-electron chi connectivity index (χ0n) is 11.4. The van der Waals surface area contributed by atoms with Crippen molar-refractivity contribution in [1.29, 1.82) is 0 Å². The lowest BCUT2D eigenvalue weighted by molar-refractivity contribution is 0.112. The predicted molar refractivity (Wildman–Crippen MR) is 77.8 cm³/mol. The molecule has 0 spiro atoms. The second-order valence-electron chi connectivity index (χ2n) is 4.46. The molecule has 0 unspecified atom stereocenters. The number of aryl methyl sites for hydroxylation is 2. The van der Waals surface area contributed by atoms with Crippen LogP contribution < -0.4 is 0 Å². The molecule has 0 bridgehead atoms. The average molecular weight is 277 g/mol. The highest BCUT2D eigenvalue weighted by Crippen LogP contribution is 2.34. The van der Waals surface area contributed by atoms with Crippen LogP contribution in [0.1, 0.15) is 35.6 Å². The van der Waals surface area contributed by atoms with E-state index < -0.39 is 0 Å². The Kier molecular flexibility index (Phi) is 4.05. The Labute approximate surface area is 118 Å². The van der Waals surface area contributed by atoms with E-state index in [4.69, 9.17) is 11.6 Å². The summed E-state index contributed by atoms with van der Waals surface area (Å²) in [7, 11) is 1.95. The average Bonchev–Trinajstić information content (AvgIpc) is 2.74. The quantitative estimate of drug-likeness (QED) is 0.799. The Morgan fingerprint density at radius 2 is 2.05 bits per heavy atom. The number of hydrogen-bond acceptors (Lipinski definition) is 2. The number of aldehydes is 1. The second kappa shape index (κ2) is 5.57. The van der Waals surface area contributed by atoms with Gasteiger partial charge < -0.3 is 0 Å². The maximum absolute atomic E-state index is 10.8. The van der Waals surface area contributed by atoms with E-state index in [0.717, 1.165) is 41.6 Å². The van der Waals surface area contributed by atoms with Gasteiger partial charge in [0, 0.05) is 34.5 Å². The highest BCUT2D eigenvalue weighted by atomic mass is 35.5. The molecule has 0 saturated heterocycles. The summed E-state index contributed by atoms with van der Waals surface area (Å²) in [5.41, 5.74) is 4.86. The fourth-order valence-corrected chi connectivity index (χ4v) is 2.67. The lowest BCUT2D eigenvalue weighted by Gasteiger charge is -2.08. The predicted octanol–water partition coefficient (Wildman–Crippen LogP) is 3.68. The zero-order chi connectivity index (χ0) is 14.0. The van der Waals surface area contributed by atoms with Gasteiger partial charge in [-0.3, -0.25) is 9.48 Å². The summed E-state index contributed by atoms with van der Waals surface area (Å²) in [5.74, 6) is 0. The molecule has 0 aliphatic heterocycles. The van der Waals surface area contributed by atoms with Crippen molar-refractivity contribution in [3.05, 3.63) is 40.2 Å². The molecule has 100 valence electrons. The molecule has 1 aromatic carbocycles. The topological polar surface area (TPSA) is 34.9 Å². The molecule has 0 fully saturated rings. The molecule has 0 saturated carbocycles. The molecule has 0 aliphatic rings. The van der Waals surface area contributed by atoms with Gasteiger partial charge in [-0.05, 0) is 18.9 Å². The summed E-state index contributed by atoms with van der Waals surface area (Å²) < 4.78 is 1.91. The first-order valence-electron chi connectivity index (χ1n) is 6.42. The monoisotopic (exact) mass is 276 g/mol. The van der Waals surface area contributed by atoms with E-state index in [1.807, 2.05) is 17.8 Å². The molecule has 1 aromatic heterocycles. The van der Waals surface area contributed by atoms with Crippen molar-refractivity contribution in [2.75, 3.05) is 0 Å². The number of carbonyl (C=O) groups excluding carboxylic acids is 1. The molecule has 0 N–H and O–H groups in total. The van der Waals surface area contributed by atoms with Gasteiger partial charge in [0.05, 0.1) is 5.69 Å². The van der Waals surface area contributed by atoms with Crippen LogP contribution in [-0.4, -0.2) is 16.1 Å². The first kappa shape index (κ1) is 13.8. The van der Waals surface area contributed by atoms with Crippen molar-refractivity contribution in [1.82, 2.24) is 9.78 Å². The van der Waals surface area contributed by atoms with Crippen molar-refractivity contribution < 1.29 is 4.79 Å². The third-order valence-corrected chi connectivity index (χ3v) is 3.62. The standard InChI is InChI=1S/C15H17ClN2O/c1-4-13-15(14(5-2)18(3)17-13)11-7-6-10(9-19)8-12(11)16/h6-9H,4-5H2,1-3H3. The Morgan fingerprint density at radius 1 is 1.32 bits per heavy atom. The van der Waals surface area contributed by atoms with Crippen molar-refractivity contribution in [2.45, 2.75) is 26.7 Å². The van der Waals surface area contributed by atoms with Crippen LogP contribution in [0.3, 0.4) is 0 Å². The maximum atomic E-state index is 10.8. The van der Waals surface area contributed by atoms with Gasteiger partial charge in [0.2, 0.25) is 0 Å². The van der Waals surface area contributed by atoms with Crippen LogP contribution in [0.25, 0.3) is 11.1 Å². The van der Waals surface area contributed by atoms with Crippen LogP contribution in [0.5, 0.6) is 0 Å². The minimum atomic E-state index is 0.591. The van der Waals surface area contributed by atoms with Gasteiger partial charge in [0.1, 0.15) is 6.29 Å². The third-order valence-electron chi connectivity index (χ3n) is 3.31. The first-order valence-corrected chi connectivity index (χ1v) is 6.80. The number of carbonyl (C=O) groups is 1. The van der Waals surface area contributed by atoms with Crippen LogP contribution in [0.2, 0.25) is 5.02 Å². The molecule has 1 heterocycles. The van der Waals surface area contributed by atoms with Crippen LogP contribution in [0.4, 0.5) is 0 Å². The normalized spacial score (nSPS) is 10.7. The van der Waals surface area contributed by atoms with E-state index in [1.54, 1.807) is 12.1 Å². The summed E-state index contributed by atoms with van der Waals surface area (Å²) in [6.07, 6.45) is 2.56. The van der Waals surface area contributed by atoms with Crippen molar-refractivity contribution in [3.63, 3.8) is 0 Å². The van der Waals surface area contributed by atoms with E-state index in [0.29, 0.717) is 10.6 Å². The van der Waals surface area contributed by atoms with E-state index in [2.05, 4.69) is 18.9 Å². The first-order chi connectivity index (χ1) is 9.12. The summed E-state index contributed by atoms with van der Waals surface area (Å²) in [6, 6.07) is 5.40. The molecule has 3 nitrogen and oxygen atoms in total. The lowest BCUT2D eigenvalue weighted by Crippen LogP contribution is -1.97. The lowest BCUT2D eigenvalue weighted by atomic mass is 9.99. The maximum Gasteiger partial charge on any atom is 0.150 e. The fourth-order valence-electron chi connectivity index (χ4n) is 2.39. The Morgan fingerprint density at radius 3 is 2.58 bits per heavy atom. The highest BCUT2D eigenvalue weighted by molar-refractivity contribution is 6.33. The van der Waals surface area contributed by atoms with Crippen LogP contribution in [0.15, 0.2) is 18.2 Å². The minimum absolute atomic E-state index is 0.591. The molecule has 4 heteroatoms. The number of aromatic nitrogens is 2. The molecule has 0 amide bonds. The molecular formula is C15H17ClN2O. The van der Waals surface area contributed by atoms with Gasteiger partial charge in [0.25, 0.3) is 0 Å². The number of halogens is 1. The van der Waals surface area contributed by atoms with Crippen molar-refractivity contribution in [3.8, 4) is 11.1 Å². The van der Waals surface area contributed by atoms with E-state index in [-0.39, 0.29) is 0 Å². The van der Waals surface area contributed by atoms with E-state index in [1.165, 1.54) is 0 Å². The Balaban J connectivity index is 2.67. The van der Waals surface area contributed by atoms with Gasteiger partial charge in [-0.1, -0.05) is 37.6 Å². The van der Waals surface area contributed by atoms with Gasteiger partial charge in [-0.15, -0.1) is 0 Å². The molecule has 0 aliphatic carbocycles. The minimum Gasteiger partial charge on any atom is -0.298 e. The smallest absolute Gasteiger partial charge is 0.150 e. The molecule has 2 aromatic rings. The summed E-state index contributed by atoms with van der Waals surface area (Å²) >= 11 is 6.31. The van der Waals surface area contributed by atoms with Crippen LogP contribution in [0, 0.1) is 0 Å². The van der Waals surface area contributed by atoms with Crippen molar-refractivity contribution >= 4 is 17.9 Å². The van der Waals surface area contributed by atoms with E-state index >= 15 is 0 Å². The fraction of sp³-hybridized carbons (Fsp3) is 0.333. The molecular weight excluding hydrogens is 260 g/mol. The summed E-state index contributed by atoms with van der Waals surface area (Å²) in [4.78, 5) is 10.8. The number of benzene rings is 1. The van der Waals surface area contributed by atoms with Gasteiger partial charge in [-0.2, -0.15) is 5.10 Å². The largest absolute Gasteiger partial charge is 0.298 e. The van der Waals surface area contributed by atoms with Gasteiger partial charge >= 0.3 is 0 Å². The summed E-state index contributed by atoms with van der Waals surface area (Å²) in [5, 5.41) is 5.15. The number of rotatable bonds is 4. The Hall–Kier alpha value is -1.61. The second-order valence-corrected chi connectivity index (χ2v) is 4.86. The highest BCUT2D eigenvalue weighted by Gasteiger charge is 2.17. The van der Waals surface area contributed by atoms with Crippen LogP contribution in [-0.2, 0) is 19.9 Å². The number of nitrogens with zero attached hydrogens (tertiary/aromatic N) is 2. The number of hydrogen-bond donors (Lipinski definition) is 0. The Bertz CT molecular complexity index is 617. The SMILES string of the molecule is CCc1nn(C)c(CC)c1-c1ccc(C=O)cc1Cl. The third kappa shape index (κ3) is 2.43. The van der Waals surface area contributed by atoms with E-state index in [9.17, 15) is 4.79 Å².